The topological polar surface area (TPSA) is 75.7 Å². The monoisotopic (exact) mass is 408 g/mol. The van der Waals surface area contributed by atoms with E-state index < -0.39 is 10.0 Å². The number of carbonyl (C=O) groups excluding carboxylic acids is 1. The Balaban J connectivity index is 1.42. The summed E-state index contributed by atoms with van der Waals surface area (Å²) in [5.74, 6) is 0.633. The van der Waals surface area contributed by atoms with Gasteiger partial charge in [-0.3, -0.25) is 4.79 Å². The largest absolute Gasteiger partial charge is 0.491 e. The summed E-state index contributed by atoms with van der Waals surface area (Å²) < 4.78 is 32.5. The van der Waals surface area contributed by atoms with E-state index in [-0.39, 0.29) is 11.8 Å². The quantitative estimate of drug-likeness (QED) is 0.715. The van der Waals surface area contributed by atoms with E-state index in [1.165, 1.54) is 15.6 Å². The summed E-state index contributed by atoms with van der Waals surface area (Å²) in [6.07, 6.45) is 1.07. The molecule has 1 saturated heterocycles. The summed E-state index contributed by atoms with van der Waals surface area (Å²) in [6.45, 7) is 3.56. The van der Waals surface area contributed by atoms with Crippen molar-refractivity contribution in [2.45, 2.75) is 24.0 Å². The number of sulfonamides is 1. The molecule has 8 heteroatoms. The van der Waals surface area contributed by atoms with Gasteiger partial charge < -0.3 is 10.1 Å². The van der Waals surface area contributed by atoms with Crippen LogP contribution in [0, 0.1) is 12.8 Å². The molecule has 6 nitrogen and oxygen atoms in total. The van der Waals surface area contributed by atoms with Crippen LogP contribution >= 0.6 is 11.3 Å². The van der Waals surface area contributed by atoms with Crippen LogP contribution in [0.15, 0.2) is 46.0 Å². The zero-order valence-corrected chi connectivity index (χ0v) is 16.9. The van der Waals surface area contributed by atoms with E-state index in [4.69, 9.17) is 4.74 Å². The number of amides is 1. The molecule has 0 radical (unpaired) electrons. The molecule has 0 spiro atoms. The number of hydrogen-bond acceptors (Lipinski definition) is 5. The van der Waals surface area contributed by atoms with E-state index in [9.17, 15) is 13.2 Å². The highest BCUT2D eigenvalue weighted by Gasteiger charge is 2.32. The molecule has 1 fully saturated rings. The predicted octanol–water partition coefficient (Wildman–Crippen LogP) is 2.65. The Labute approximate surface area is 164 Å². The minimum Gasteiger partial charge on any atom is -0.491 e. The zero-order chi connectivity index (χ0) is 19.3. The fourth-order valence-corrected chi connectivity index (χ4v) is 5.71. The normalized spacial score (nSPS) is 16.2. The Morgan fingerprint density at radius 1 is 1.22 bits per heavy atom. The fourth-order valence-electron chi connectivity index (χ4n) is 3.09. The molecule has 0 bridgehead atoms. The van der Waals surface area contributed by atoms with Crippen molar-refractivity contribution in [3.05, 3.63) is 47.3 Å². The fraction of sp³-hybridized carbons (Fsp3) is 0.421. The third-order valence-electron chi connectivity index (χ3n) is 4.67. The van der Waals surface area contributed by atoms with Crippen molar-refractivity contribution in [2.24, 2.45) is 5.92 Å². The number of benzene rings is 1. The lowest BCUT2D eigenvalue weighted by molar-refractivity contribution is -0.126. The van der Waals surface area contributed by atoms with E-state index in [1.807, 2.05) is 31.2 Å². The van der Waals surface area contributed by atoms with Crippen molar-refractivity contribution < 1.29 is 17.9 Å². The van der Waals surface area contributed by atoms with Crippen molar-refractivity contribution in [2.75, 3.05) is 26.2 Å². The van der Waals surface area contributed by atoms with Crippen LogP contribution in [-0.2, 0) is 14.8 Å². The number of hydrogen-bond donors (Lipinski definition) is 1. The molecule has 2 heterocycles. The Hall–Kier alpha value is -1.90. The maximum absolute atomic E-state index is 12.5. The van der Waals surface area contributed by atoms with Crippen molar-refractivity contribution in [1.29, 1.82) is 0 Å². The first kappa shape index (κ1) is 19.9. The number of para-hydroxylation sites is 1. The highest BCUT2D eigenvalue weighted by atomic mass is 32.2. The van der Waals surface area contributed by atoms with E-state index in [0.717, 1.165) is 11.3 Å². The molecule has 3 rings (SSSR count). The first-order valence-electron chi connectivity index (χ1n) is 8.98. The number of rotatable bonds is 7. The number of nitrogens with one attached hydrogen (secondary N) is 1. The zero-order valence-electron chi connectivity index (χ0n) is 15.3. The maximum atomic E-state index is 12.5. The molecule has 0 saturated carbocycles. The lowest BCUT2D eigenvalue weighted by Crippen LogP contribution is -2.43. The number of carbonyl (C=O) groups is 1. The number of thiophene rings is 1. The van der Waals surface area contributed by atoms with E-state index >= 15 is 0 Å². The molecular formula is C19H24N2O4S2. The van der Waals surface area contributed by atoms with Crippen molar-refractivity contribution in [3.8, 4) is 5.75 Å². The Morgan fingerprint density at radius 2 is 1.96 bits per heavy atom. The third-order valence-corrected chi connectivity index (χ3v) is 7.94. The van der Waals surface area contributed by atoms with Crippen LogP contribution in [0.2, 0.25) is 0 Å². The Bertz CT molecular complexity index is 858. The second-order valence-electron chi connectivity index (χ2n) is 6.52. The summed E-state index contributed by atoms with van der Waals surface area (Å²) in [5, 5.41) is 4.65. The minimum atomic E-state index is -3.42. The van der Waals surface area contributed by atoms with Crippen LogP contribution in [0.1, 0.15) is 18.4 Å². The first-order valence-corrected chi connectivity index (χ1v) is 11.3. The van der Waals surface area contributed by atoms with Gasteiger partial charge >= 0.3 is 0 Å². The molecule has 1 aliphatic rings. The molecule has 1 aromatic heterocycles. The van der Waals surface area contributed by atoms with Crippen LogP contribution in [0.4, 0.5) is 0 Å². The third kappa shape index (κ3) is 4.88. The van der Waals surface area contributed by atoms with Gasteiger partial charge in [-0.2, -0.15) is 4.31 Å². The summed E-state index contributed by atoms with van der Waals surface area (Å²) in [4.78, 5) is 12.3. The van der Waals surface area contributed by atoms with Crippen molar-refractivity contribution in [1.82, 2.24) is 9.62 Å². The van der Waals surface area contributed by atoms with Gasteiger partial charge in [0.15, 0.2) is 0 Å². The second-order valence-corrected chi connectivity index (χ2v) is 9.63. The first-order chi connectivity index (χ1) is 13.0. The van der Waals surface area contributed by atoms with Crippen molar-refractivity contribution in [3.63, 3.8) is 0 Å². The average Bonchev–Trinajstić information content (AvgIpc) is 3.22. The number of ether oxygens (including phenoxy) is 1. The van der Waals surface area contributed by atoms with Crippen molar-refractivity contribution >= 4 is 27.3 Å². The lowest BCUT2D eigenvalue weighted by Gasteiger charge is -2.30. The van der Waals surface area contributed by atoms with Gasteiger partial charge in [0.05, 0.1) is 6.54 Å². The number of nitrogens with zero attached hydrogens (tertiary/aromatic N) is 1. The van der Waals surface area contributed by atoms with E-state index in [0.29, 0.717) is 43.3 Å². The maximum Gasteiger partial charge on any atom is 0.252 e. The lowest BCUT2D eigenvalue weighted by atomic mass is 9.97. The molecule has 0 aliphatic carbocycles. The van der Waals surface area contributed by atoms with Crippen LogP contribution in [0.5, 0.6) is 5.75 Å². The van der Waals surface area contributed by atoms with Crippen LogP contribution < -0.4 is 10.1 Å². The number of aryl methyl sites for hydroxylation is 1. The van der Waals surface area contributed by atoms with Gasteiger partial charge in [-0.05, 0) is 42.8 Å². The van der Waals surface area contributed by atoms with E-state index in [1.54, 1.807) is 17.5 Å². The standard InChI is InChI=1S/C19H24N2O4S2/c1-15-5-2-3-6-17(15)25-13-10-20-19(22)16-8-11-21(12-9-16)27(23,24)18-7-4-14-26-18/h2-7,14,16H,8-13H2,1H3,(H,20,22). The molecule has 1 amide bonds. The molecule has 1 N–H and O–H groups in total. The predicted molar refractivity (Wildman–Crippen MR) is 105 cm³/mol. The van der Waals surface area contributed by atoms with Crippen LogP contribution in [0.3, 0.4) is 0 Å². The van der Waals surface area contributed by atoms with Gasteiger partial charge in [0.25, 0.3) is 10.0 Å². The van der Waals surface area contributed by atoms with Gasteiger partial charge in [0.2, 0.25) is 5.91 Å². The molecule has 27 heavy (non-hydrogen) atoms. The average molecular weight is 409 g/mol. The minimum absolute atomic E-state index is 0.0310. The highest BCUT2D eigenvalue weighted by Crippen LogP contribution is 2.26. The molecule has 0 unspecified atom stereocenters. The molecule has 1 aliphatic heterocycles. The van der Waals surface area contributed by atoms with Gasteiger partial charge in [-0.25, -0.2) is 8.42 Å². The Kier molecular flexibility index (Phi) is 6.51. The summed E-state index contributed by atoms with van der Waals surface area (Å²) >= 11 is 1.22. The van der Waals surface area contributed by atoms with Gasteiger partial charge in [0, 0.05) is 19.0 Å². The molecule has 2 aromatic rings. The molecule has 0 atom stereocenters. The summed E-state index contributed by atoms with van der Waals surface area (Å²) in [6, 6.07) is 11.1. The van der Waals surface area contributed by atoms with Crippen LogP contribution in [0.25, 0.3) is 0 Å². The highest BCUT2D eigenvalue weighted by molar-refractivity contribution is 7.91. The van der Waals surface area contributed by atoms with Crippen LogP contribution in [-0.4, -0.2) is 44.9 Å². The van der Waals surface area contributed by atoms with Gasteiger partial charge in [0.1, 0.15) is 16.6 Å². The van der Waals surface area contributed by atoms with E-state index in [2.05, 4.69) is 5.32 Å². The Morgan fingerprint density at radius 3 is 2.63 bits per heavy atom. The summed E-state index contributed by atoms with van der Waals surface area (Å²) in [5.41, 5.74) is 1.06. The summed E-state index contributed by atoms with van der Waals surface area (Å²) in [7, 11) is -3.42. The molecule has 146 valence electrons. The molecule has 1 aromatic carbocycles. The SMILES string of the molecule is Cc1ccccc1OCCNC(=O)C1CCN(S(=O)(=O)c2cccs2)CC1. The van der Waals surface area contributed by atoms with Gasteiger partial charge in [-0.1, -0.05) is 24.3 Å². The van der Waals surface area contributed by atoms with Gasteiger partial charge in [-0.15, -0.1) is 11.3 Å². The molecular weight excluding hydrogens is 384 g/mol. The number of piperidine rings is 1. The second kappa shape index (κ2) is 8.86. The smallest absolute Gasteiger partial charge is 0.252 e.